The molecule has 2 aliphatic rings. The lowest BCUT2D eigenvalue weighted by atomic mass is 9.91. The van der Waals surface area contributed by atoms with E-state index in [4.69, 9.17) is 49.8 Å². The number of pyridine rings is 4. The Morgan fingerprint density at radius 3 is 1.37 bits per heavy atom. The van der Waals surface area contributed by atoms with Gasteiger partial charge in [-0.3, -0.25) is 4.79 Å². The smallest absolute Gasteiger partial charge is 0.223 e. The molecular weight excluding hydrogens is 1300 g/mol. The van der Waals surface area contributed by atoms with Crippen molar-refractivity contribution in [3.63, 3.8) is 0 Å². The molecule has 13 N–H and O–H groups in total. The lowest BCUT2D eigenvalue weighted by Gasteiger charge is -2.29. The van der Waals surface area contributed by atoms with Crippen LogP contribution >= 0.6 is 11.6 Å². The van der Waals surface area contributed by atoms with Gasteiger partial charge in [-0.25, -0.2) is 78.5 Å². The van der Waals surface area contributed by atoms with Crippen molar-refractivity contribution < 1.29 is 4.79 Å². The van der Waals surface area contributed by atoms with Gasteiger partial charge in [0.2, 0.25) is 5.91 Å². The first-order chi connectivity index (χ1) is 49.1. The lowest BCUT2D eigenvalue weighted by Crippen LogP contribution is -2.38. The third kappa shape index (κ3) is 11.7. The van der Waals surface area contributed by atoms with Crippen LogP contribution in [0.4, 0.5) is 23.3 Å². The monoisotopic (exact) mass is 1370 g/mol. The molecule has 31 heteroatoms. The number of aromatic amines is 4. The Morgan fingerprint density at radius 2 is 0.911 bits per heavy atom. The second kappa shape index (κ2) is 26.6. The molecule has 0 aromatic carbocycles. The summed E-state index contributed by atoms with van der Waals surface area (Å²) in [5.74, 6) is 2.13. The zero-order valence-electron chi connectivity index (χ0n) is 56.7. The highest BCUT2D eigenvalue weighted by molar-refractivity contribution is 6.38. The number of anilines is 4. The molecule has 0 aliphatic heterocycles. The first-order valence-electron chi connectivity index (χ1n) is 33.8. The van der Waals surface area contributed by atoms with Gasteiger partial charge >= 0.3 is 0 Å². The van der Waals surface area contributed by atoms with E-state index in [1.165, 1.54) is 25.3 Å². The van der Waals surface area contributed by atoms with Crippen LogP contribution in [0.3, 0.4) is 0 Å². The average molecular weight is 1370 g/mol. The molecule has 2 fully saturated rings. The standard InChI is InChI=1S/C22H23ClN8O.C17H19N7.C16H17N7.C15H15N7/c23-16-14-2-1-9-25-20(14)29-18(16)17-15-19(24)26-10-27-21(15)31(30-17)13-7-5-12(6-8-13)28-22(32)11-3-4-11;1-4-9(2)24-17-12(15(18)20-8-21-17)14(23-24)13-10(3)11-6-5-7-19-16(11)22-13;1-3-7-23-16-11(14(17)19-8-20-16)13(22-23)12-9(2)10-5-4-6-18-15(10)21-12;1-3-22-15-10(13(16)18-7-19-15)12(21-22)11-8(2)9-5-4-6-17-14(9)20-11/h1-2,9-13H,3-8H2,(H,25,29)(H,28,32)(H2,24,26,27);5-9H,4H2,1-3H3,(H,19,22)(H2,18,20,21);4-6,8H,3,7H2,1-2H3,(H,18,21)(H2,17,19,20);4-7H,3H2,1-2H3,(H,17,20)(H2,16,18,19). The number of nitrogens with one attached hydrogen (secondary N) is 5. The largest absolute Gasteiger partial charge is 0.383 e. The molecule has 18 rings (SSSR count). The van der Waals surface area contributed by atoms with E-state index < -0.39 is 0 Å². The summed E-state index contributed by atoms with van der Waals surface area (Å²) in [6, 6.07) is 16.3. The van der Waals surface area contributed by atoms with Crippen LogP contribution in [-0.2, 0) is 17.9 Å². The van der Waals surface area contributed by atoms with Gasteiger partial charge in [-0.15, -0.1) is 0 Å². The Balaban J connectivity index is 0.000000110. The van der Waals surface area contributed by atoms with Crippen molar-refractivity contribution in [2.75, 3.05) is 22.9 Å². The molecule has 0 bridgehead atoms. The number of aromatic nitrogens is 24. The third-order valence-electron chi connectivity index (χ3n) is 19.2. The fourth-order valence-electron chi connectivity index (χ4n) is 13.5. The number of nitrogen functional groups attached to an aromatic ring is 4. The van der Waals surface area contributed by atoms with Gasteiger partial charge in [-0.1, -0.05) is 25.4 Å². The molecule has 16 aromatic rings. The van der Waals surface area contributed by atoms with E-state index in [0.717, 1.165) is 180 Å². The number of fused-ring (bicyclic) bond motifs is 8. The van der Waals surface area contributed by atoms with Crippen molar-refractivity contribution in [2.24, 2.45) is 5.92 Å². The topological polar surface area (TPSA) is 422 Å². The van der Waals surface area contributed by atoms with E-state index in [-0.39, 0.29) is 30.0 Å². The summed E-state index contributed by atoms with van der Waals surface area (Å²) in [6.45, 7) is 16.0. The number of amides is 1. The number of halogens is 1. The van der Waals surface area contributed by atoms with E-state index >= 15 is 0 Å². The second-order valence-electron chi connectivity index (χ2n) is 25.5. The number of nitrogens with two attached hydrogens (primary N) is 4. The Bertz CT molecular complexity index is 5800. The van der Waals surface area contributed by atoms with E-state index in [9.17, 15) is 4.79 Å². The Morgan fingerprint density at radius 1 is 0.505 bits per heavy atom. The number of aryl methyl sites for hydroxylation is 5. The van der Waals surface area contributed by atoms with Crippen LogP contribution in [0.15, 0.2) is 98.6 Å². The van der Waals surface area contributed by atoms with Crippen LogP contribution in [0.5, 0.6) is 0 Å². The van der Waals surface area contributed by atoms with Gasteiger partial charge in [-0.2, -0.15) is 20.4 Å². The number of carbonyl (C=O) groups excluding carboxylic acids is 1. The summed E-state index contributed by atoms with van der Waals surface area (Å²) in [6.07, 6.45) is 20.5. The van der Waals surface area contributed by atoms with Crippen molar-refractivity contribution in [3.05, 3.63) is 120 Å². The molecule has 2 saturated carbocycles. The minimum atomic E-state index is 0.163. The molecule has 1 unspecified atom stereocenters. The fourth-order valence-corrected chi connectivity index (χ4v) is 13.8. The lowest BCUT2D eigenvalue weighted by molar-refractivity contribution is -0.123. The molecule has 0 saturated heterocycles. The van der Waals surface area contributed by atoms with Crippen LogP contribution in [-0.4, -0.2) is 131 Å². The highest BCUT2D eigenvalue weighted by Crippen LogP contribution is 2.42. The van der Waals surface area contributed by atoms with Crippen LogP contribution < -0.4 is 28.3 Å². The average Bonchev–Trinajstić information content (AvgIpc) is 1.61. The fraction of sp³-hybridized carbons (Fsp3) is 0.300. The summed E-state index contributed by atoms with van der Waals surface area (Å²) in [5.41, 5.74) is 40.4. The first kappa shape index (κ1) is 64.9. The predicted molar refractivity (Wildman–Crippen MR) is 392 cm³/mol. The summed E-state index contributed by atoms with van der Waals surface area (Å²) in [5, 5.41) is 30.0. The number of rotatable bonds is 12. The molecule has 16 aromatic heterocycles. The van der Waals surface area contributed by atoms with E-state index in [2.05, 4.69) is 125 Å². The van der Waals surface area contributed by atoms with Crippen LogP contribution in [0.1, 0.15) is 108 Å². The molecule has 1 amide bonds. The number of carbonyl (C=O) groups is 1. The normalized spacial score (nSPS) is 15.0. The minimum absolute atomic E-state index is 0.163. The van der Waals surface area contributed by atoms with Crippen LogP contribution in [0.25, 0.3) is 134 Å². The van der Waals surface area contributed by atoms with Gasteiger partial charge < -0.3 is 48.2 Å². The van der Waals surface area contributed by atoms with Gasteiger partial charge in [0.15, 0.2) is 22.6 Å². The van der Waals surface area contributed by atoms with Crippen molar-refractivity contribution in [2.45, 2.75) is 131 Å². The number of H-pyrrole nitrogens is 4. The zero-order valence-corrected chi connectivity index (χ0v) is 57.4. The van der Waals surface area contributed by atoms with Gasteiger partial charge in [0.05, 0.1) is 61.4 Å². The number of nitrogens with zero attached hydrogens (tertiary/aromatic N) is 20. The summed E-state index contributed by atoms with van der Waals surface area (Å²) in [4.78, 5) is 77.2. The van der Waals surface area contributed by atoms with Crippen molar-refractivity contribution >= 4 is 129 Å². The number of hydrogen-bond acceptors (Lipinski definition) is 21. The van der Waals surface area contributed by atoms with Crippen molar-refractivity contribution in [1.82, 2.24) is 124 Å². The Hall–Kier alpha value is -12.1. The SMILES string of the molecule is CCC(C)n1nc(-c2[nH]c3ncccc3c2C)c2c(N)ncnc21.CCCn1nc(-c2[nH]c3ncccc3c2C)c2c(N)ncnc21.CCn1nc(-c2[nH]c3ncccc3c2C)c2c(N)ncnc21.Nc1ncnc2c1c(-c1[nH]c3ncccc3c1Cl)nn2C1CCC(NC(=O)C2CC2)CC1. The van der Waals surface area contributed by atoms with Gasteiger partial charge in [0, 0.05) is 71.4 Å². The second-order valence-corrected chi connectivity index (χ2v) is 25.9. The number of hydrogen-bond donors (Lipinski definition) is 9. The van der Waals surface area contributed by atoms with E-state index in [0.29, 0.717) is 62.9 Å². The predicted octanol–water partition coefficient (Wildman–Crippen LogP) is 11.8. The third-order valence-corrected chi connectivity index (χ3v) is 19.6. The van der Waals surface area contributed by atoms with Crippen LogP contribution in [0, 0.1) is 26.7 Å². The van der Waals surface area contributed by atoms with E-state index in [1.54, 1.807) is 24.8 Å². The maximum Gasteiger partial charge on any atom is 0.223 e. The highest BCUT2D eigenvalue weighted by atomic mass is 35.5. The van der Waals surface area contributed by atoms with E-state index in [1.807, 2.05) is 81.1 Å². The quantitative estimate of drug-likeness (QED) is 0.0548. The van der Waals surface area contributed by atoms with Crippen molar-refractivity contribution in [3.8, 4) is 45.6 Å². The van der Waals surface area contributed by atoms with Gasteiger partial charge in [0.1, 0.15) is 93.9 Å². The summed E-state index contributed by atoms with van der Waals surface area (Å²) in [7, 11) is 0. The molecule has 512 valence electrons. The zero-order chi connectivity index (χ0) is 69.9. The molecular formula is C70H74ClN29O. The summed E-state index contributed by atoms with van der Waals surface area (Å²) >= 11 is 6.70. The molecule has 101 heavy (non-hydrogen) atoms. The molecule has 0 spiro atoms. The van der Waals surface area contributed by atoms with Crippen LogP contribution in [0.2, 0.25) is 5.02 Å². The van der Waals surface area contributed by atoms with Gasteiger partial charge in [0.25, 0.3) is 0 Å². The maximum absolute atomic E-state index is 12.1. The maximum atomic E-state index is 12.1. The first-order valence-corrected chi connectivity index (χ1v) is 34.2. The summed E-state index contributed by atoms with van der Waals surface area (Å²) < 4.78 is 7.61. The van der Waals surface area contributed by atoms with Gasteiger partial charge in [-0.05, 0) is 151 Å². The molecule has 30 nitrogen and oxygen atoms in total. The molecule has 16 heterocycles. The minimum Gasteiger partial charge on any atom is -0.383 e. The highest BCUT2D eigenvalue weighted by Gasteiger charge is 2.34. The Kier molecular flexibility index (Phi) is 17.1. The Labute approximate surface area is 581 Å². The molecule has 1 atom stereocenters. The molecule has 0 radical (unpaired) electrons. The van der Waals surface area contributed by atoms with Crippen molar-refractivity contribution in [1.29, 1.82) is 0 Å². The molecule has 2 aliphatic carbocycles.